The minimum Gasteiger partial charge on any atom is -0.269 e. The van der Waals surface area contributed by atoms with Gasteiger partial charge >= 0.3 is 0 Å². The van der Waals surface area contributed by atoms with Crippen LogP contribution in [0.4, 0.5) is 0 Å². The SMILES string of the molecule is Cc1c(C(C)N2C(=O)c3ccccc3C2=O)ccc2ncccc12. The summed E-state index contributed by atoms with van der Waals surface area (Å²) in [4.78, 5) is 31.1. The molecule has 4 rings (SSSR count). The van der Waals surface area contributed by atoms with E-state index >= 15 is 0 Å². The Morgan fingerprint density at radius 1 is 0.917 bits per heavy atom. The van der Waals surface area contributed by atoms with Gasteiger partial charge in [0.05, 0.1) is 22.7 Å². The van der Waals surface area contributed by atoms with Crippen LogP contribution in [-0.2, 0) is 0 Å². The molecule has 0 fully saturated rings. The topological polar surface area (TPSA) is 50.3 Å². The van der Waals surface area contributed by atoms with Crippen LogP contribution in [0.15, 0.2) is 54.7 Å². The zero-order chi connectivity index (χ0) is 16.8. The van der Waals surface area contributed by atoms with Crippen LogP contribution in [0.1, 0.15) is 44.8 Å². The van der Waals surface area contributed by atoms with Gasteiger partial charge in [-0.3, -0.25) is 19.5 Å². The molecule has 0 aliphatic carbocycles. The zero-order valence-electron chi connectivity index (χ0n) is 13.5. The number of pyridine rings is 1. The quantitative estimate of drug-likeness (QED) is 0.674. The molecule has 0 N–H and O–H groups in total. The first kappa shape index (κ1) is 14.6. The van der Waals surface area contributed by atoms with Gasteiger partial charge in [-0.2, -0.15) is 0 Å². The van der Waals surface area contributed by atoms with Gasteiger partial charge in [-0.15, -0.1) is 0 Å². The second-order valence-electron chi connectivity index (χ2n) is 6.05. The molecule has 2 aromatic carbocycles. The minimum atomic E-state index is -0.331. The number of fused-ring (bicyclic) bond motifs is 2. The van der Waals surface area contributed by atoms with Crippen molar-refractivity contribution in [3.63, 3.8) is 0 Å². The first-order valence-electron chi connectivity index (χ1n) is 7.90. The number of nitrogens with zero attached hydrogens (tertiary/aromatic N) is 2. The number of hydrogen-bond acceptors (Lipinski definition) is 3. The van der Waals surface area contributed by atoms with Gasteiger partial charge in [0.25, 0.3) is 11.8 Å². The van der Waals surface area contributed by atoms with Gasteiger partial charge in [0.2, 0.25) is 0 Å². The maximum absolute atomic E-state index is 12.7. The molecule has 2 amide bonds. The van der Waals surface area contributed by atoms with E-state index < -0.39 is 0 Å². The monoisotopic (exact) mass is 316 g/mol. The number of rotatable bonds is 2. The average Bonchev–Trinajstić information content (AvgIpc) is 2.86. The molecular formula is C20H16N2O2. The fourth-order valence-electron chi connectivity index (χ4n) is 3.47. The smallest absolute Gasteiger partial charge is 0.262 e. The molecule has 0 saturated heterocycles. The lowest BCUT2D eigenvalue weighted by molar-refractivity contribution is 0.0595. The van der Waals surface area contributed by atoms with Crippen LogP contribution in [0.3, 0.4) is 0 Å². The summed E-state index contributed by atoms with van der Waals surface area (Å²) in [6.45, 7) is 3.90. The third-order valence-corrected chi connectivity index (χ3v) is 4.76. The van der Waals surface area contributed by atoms with Crippen LogP contribution >= 0.6 is 0 Å². The van der Waals surface area contributed by atoms with Crippen molar-refractivity contribution in [2.24, 2.45) is 0 Å². The molecule has 24 heavy (non-hydrogen) atoms. The number of carbonyl (C=O) groups excluding carboxylic acids is 2. The zero-order valence-corrected chi connectivity index (χ0v) is 13.5. The Hall–Kier alpha value is -3.01. The van der Waals surface area contributed by atoms with Crippen molar-refractivity contribution in [1.29, 1.82) is 0 Å². The highest BCUT2D eigenvalue weighted by molar-refractivity contribution is 6.21. The molecular weight excluding hydrogens is 300 g/mol. The van der Waals surface area contributed by atoms with E-state index in [9.17, 15) is 9.59 Å². The Morgan fingerprint density at radius 3 is 2.25 bits per heavy atom. The van der Waals surface area contributed by atoms with Gasteiger partial charge in [-0.25, -0.2) is 0 Å². The van der Waals surface area contributed by atoms with E-state index in [-0.39, 0.29) is 17.9 Å². The fraction of sp³-hybridized carbons (Fsp3) is 0.150. The fourth-order valence-corrected chi connectivity index (χ4v) is 3.47. The summed E-state index contributed by atoms with van der Waals surface area (Å²) >= 11 is 0. The molecule has 0 bridgehead atoms. The summed E-state index contributed by atoms with van der Waals surface area (Å²) in [7, 11) is 0. The van der Waals surface area contributed by atoms with Gasteiger partial charge < -0.3 is 0 Å². The van der Waals surface area contributed by atoms with Gasteiger partial charge in [-0.05, 0) is 49.2 Å². The second-order valence-corrected chi connectivity index (χ2v) is 6.05. The molecule has 1 atom stereocenters. The highest BCUT2D eigenvalue weighted by Gasteiger charge is 2.38. The van der Waals surface area contributed by atoms with Crippen molar-refractivity contribution in [2.75, 3.05) is 0 Å². The summed E-state index contributed by atoms with van der Waals surface area (Å²) in [6, 6.07) is 14.4. The van der Waals surface area contributed by atoms with E-state index in [1.165, 1.54) is 4.90 Å². The van der Waals surface area contributed by atoms with Crippen LogP contribution < -0.4 is 0 Å². The van der Waals surface area contributed by atoms with Crippen molar-refractivity contribution in [3.8, 4) is 0 Å². The molecule has 1 aliphatic heterocycles. The summed E-state index contributed by atoms with van der Waals surface area (Å²) in [5.41, 5.74) is 3.88. The predicted octanol–water partition coefficient (Wildman–Crippen LogP) is 3.90. The molecule has 2 heterocycles. The van der Waals surface area contributed by atoms with Crippen LogP contribution in [-0.4, -0.2) is 21.7 Å². The Kier molecular flexibility index (Phi) is 3.20. The summed E-state index contributed by atoms with van der Waals surface area (Å²) in [5, 5.41) is 1.04. The maximum atomic E-state index is 12.7. The summed E-state index contributed by atoms with van der Waals surface area (Å²) in [5.74, 6) is -0.456. The van der Waals surface area contributed by atoms with Crippen molar-refractivity contribution in [2.45, 2.75) is 19.9 Å². The number of aryl methyl sites for hydroxylation is 1. The van der Waals surface area contributed by atoms with E-state index in [0.717, 1.165) is 22.0 Å². The van der Waals surface area contributed by atoms with Crippen LogP contribution in [0.25, 0.3) is 10.9 Å². The van der Waals surface area contributed by atoms with Crippen molar-refractivity contribution >= 4 is 22.7 Å². The van der Waals surface area contributed by atoms with Crippen molar-refractivity contribution < 1.29 is 9.59 Å². The van der Waals surface area contributed by atoms with Gasteiger partial charge in [-0.1, -0.05) is 24.3 Å². The van der Waals surface area contributed by atoms with Gasteiger partial charge in [0, 0.05) is 11.6 Å². The number of carbonyl (C=O) groups is 2. The van der Waals surface area contributed by atoms with E-state index in [4.69, 9.17) is 0 Å². The van der Waals surface area contributed by atoms with E-state index in [1.54, 1.807) is 30.5 Å². The molecule has 3 aromatic rings. The average molecular weight is 316 g/mol. The number of hydrogen-bond donors (Lipinski definition) is 0. The number of aromatic nitrogens is 1. The van der Waals surface area contributed by atoms with Gasteiger partial charge in [0.15, 0.2) is 0 Å². The highest BCUT2D eigenvalue weighted by Crippen LogP contribution is 2.34. The lowest BCUT2D eigenvalue weighted by Gasteiger charge is -2.25. The van der Waals surface area contributed by atoms with E-state index in [1.807, 2.05) is 38.1 Å². The molecule has 0 spiro atoms. The summed E-state index contributed by atoms with van der Waals surface area (Å²) < 4.78 is 0. The molecule has 0 radical (unpaired) electrons. The third-order valence-electron chi connectivity index (χ3n) is 4.76. The normalized spacial score (nSPS) is 15.0. The van der Waals surface area contributed by atoms with E-state index in [0.29, 0.717) is 11.1 Å². The molecule has 0 saturated carbocycles. The number of imide groups is 1. The lowest BCUT2D eigenvalue weighted by atomic mass is 9.97. The molecule has 1 aromatic heterocycles. The Bertz CT molecular complexity index is 959. The highest BCUT2D eigenvalue weighted by atomic mass is 16.2. The standard InChI is InChI=1S/C20H16N2O2/c1-12-14(9-10-18-15(12)8-5-11-21-18)13(2)22-19(23)16-6-3-4-7-17(16)20(22)24/h3-11,13H,1-2H3. The van der Waals surface area contributed by atoms with Crippen molar-refractivity contribution in [1.82, 2.24) is 9.88 Å². The van der Waals surface area contributed by atoms with Crippen LogP contribution in [0.5, 0.6) is 0 Å². The van der Waals surface area contributed by atoms with Gasteiger partial charge in [0.1, 0.15) is 0 Å². The Balaban J connectivity index is 1.80. The number of amides is 2. The Morgan fingerprint density at radius 2 is 1.58 bits per heavy atom. The summed E-state index contributed by atoms with van der Waals surface area (Å²) in [6.07, 6.45) is 1.76. The molecule has 118 valence electrons. The molecule has 1 aliphatic rings. The predicted molar refractivity (Wildman–Crippen MR) is 91.8 cm³/mol. The molecule has 1 unspecified atom stereocenters. The van der Waals surface area contributed by atoms with Crippen molar-refractivity contribution in [3.05, 3.63) is 77.0 Å². The first-order valence-corrected chi connectivity index (χ1v) is 7.90. The van der Waals surface area contributed by atoms with Crippen LogP contribution in [0.2, 0.25) is 0 Å². The lowest BCUT2D eigenvalue weighted by Crippen LogP contribution is -2.32. The van der Waals surface area contributed by atoms with Crippen LogP contribution in [0, 0.1) is 6.92 Å². The minimum absolute atomic E-state index is 0.228. The largest absolute Gasteiger partial charge is 0.269 e. The maximum Gasteiger partial charge on any atom is 0.262 e. The second kappa shape index (κ2) is 5.27. The first-order chi connectivity index (χ1) is 11.6. The number of benzene rings is 2. The Labute approximate surface area is 139 Å². The molecule has 4 heteroatoms. The van der Waals surface area contributed by atoms with E-state index in [2.05, 4.69) is 4.98 Å². The molecule has 4 nitrogen and oxygen atoms in total. The third kappa shape index (κ3) is 1.96.